The molecule has 0 amide bonds. The third kappa shape index (κ3) is 3.11. The van der Waals surface area contributed by atoms with Crippen LogP contribution < -0.4 is 9.47 Å². The number of pyridine rings is 1. The van der Waals surface area contributed by atoms with Crippen LogP contribution in [0.15, 0.2) is 42.7 Å². The van der Waals surface area contributed by atoms with Crippen molar-refractivity contribution in [2.24, 2.45) is 7.05 Å². The van der Waals surface area contributed by atoms with Crippen LogP contribution in [-0.4, -0.2) is 51.2 Å². The number of aromatic nitrogens is 3. The van der Waals surface area contributed by atoms with Crippen molar-refractivity contribution in [3.05, 3.63) is 42.7 Å². The summed E-state index contributed by atoms with van der Waals surface area (Å²) in [7, 11) is 3.55. The fraction of sp³-hybridized carbons (Fsp3) is 0.250. The largest absolute Gasteiger partial charge is 0.493 e. The molecule has 140 valence electrons. The van der Waals surface area contributed by atoms with Crippen molar-refractivity contribution in [3.8, 4) is 22.8 Å². The number of rotatable bonds is 6. The van der Waals surface area contributed by atoms with E-state index in [2.05, 4.69) is 16.0 Å². The molecular weight excluding hydrogens is 346 g/mol. The third-order valence-electron chi connectivity index (χ3n) is 4.60. The number of fused-ring (bicyclic) bond motifs is 2. The van der Waals surface area contributed by atoms with Crippen molar-refractivity contribution in [2.45, 2.75) is 6.10 Å². The number of nitrogens with one attached hydrogen (secondary N) is 1. The number of H-pyrrole nitrogens is 1. The van der Waals surface area contributed by atoms with Crippen LogP contribution in [0.5, 0.6) is 11.5 Å². The second-order valence-electron chi connectivity index (χ2n) is 6.45. The fourth-order valence-corrected chi connectivity index (χ4v) is 3.22. The van der Waals surface area contributed by atoms with E-state index in [0.29, 0.717) is 11.5 Å². The lowest BCUT2D eigenvalue weighted by Gasteiger charge is -2.13. The minimum atomic E-state index is -0.944. The topological polar surface area (TPSA) is 92.5 Å². The first-order chi connectivity index (χ1) is 13.1. The Hall–Kier alpha value is -3.03. The molecular formula is C20H21N3O4. The number of methoxy groups -OCH3 is 1. The molecule has 0 bridgehead atoms. The van der Waals surface area contributed by atoms with E-state index in [-0.39, 0.29) is 13.2 Å². The van der Waals surface area contributed by atoms with E-state index in [1.807, 2.05) is 42.1 Å². The van der Waals surface area contributed by atoms with Crippen LogP contribution in [0.2, 0.25) is 0 Å². The summed E-state index contributed by atoms with van der Waals surface area (Å²) in [6.07, 6.45) is 2.86. The summed E-state index contributed by atoms with van der Waals surface area (Å²) in [4.78, 5) is 7.71. The smallest absolute Gasteiger partial charge is 0.162 e. The van der Waals surface area contributed by atoms with Crippen molar-refractivity contribution < 1.29 is 19.7 Å². The number of aliphatic hydroxyl groups excluding tert-OH is 2. The Bertz CT molecular complexity index is 1070. The van der Waals surface area contributed by atoms with Gasteiger partial charge in [0, 0.05) is 47.5 Å². The monoisotopic (exact) mass is 367 g/mol. The quantitative estimate of drug-likeness (QED) is 0.487. The number of ether oxygens (including phenoxy) is 2. The highest BCUT2D eigenvalue weighted by Gasteiger charge is 2.16. The van der Waals surface area contributed by atoms with Gasteiger partial charge in [0.2, 0.25) is 0 Å². The van der Waals surface area contributed by atoms with Crippen LogP contribution in [-0.2, 0) is 7.05 Å². The SMILES string of the molecule is COc1cc2c(cc1OCC(O)CO)c(-c1cc3cccnc3[nH]1)cn2C. The van der Waals surface area contributed by atoms with E-state index in [0.717, 1.165) is 33.2 Å². The Labute approximate surface area is 155 Å². The zero-order valence-corrected chi connectivity index (χ0v) is 15.1. The van der Waals surface area contributed by atoms with Gasteiger partial charge in [-0.05, 0) is 24.3 Å². The van der Waals surface area contributed by atoms with Crippen molar-refractivity contribution in [1.29, 1.82) is 0 Å². The molecule has 3 aromatic heterocycles. The van der Waals surface area contributed by atoms with E-state index < -0.39 is 6.10 Å². The first-order valence-corrected chi connectivity index (χ1v) is 8.63. The molecule has 7 nitrogen and oxygen atoms in total. The van der Waals surface area contributed by atoms with Crippen LogP contribution in [0, 0.1) is 0 Å². The van der Waals surface area contributed by atoms with Crippen molar-refractivity contribution >= 4 is 21.9 Å². The molecule has 4 rings (SSSR count). The van der Waals surface area contributed by atoms with E-state index in [1.54, 1.807) is 13.3 Å². The maximum Gasteiger partial charge on any atom is 0.162 e. The van der Waals surface area contributed by atoms with E-state index in [9.17, 15) is 5.11 Å². The Kier molecular flexibility index (Phi) is 4.47. The summed E-state index contributed by atoms with van der Waals surface area (Å²) in [5.41, 5.74) is 3.80. The molecule has 0 aliphatic heterocycles. The number of hydrogen-bond donors (Lipinski definition) is 3. The first-order valence-electron chi connectivity index (χ1n) is 8.63. The highest BCUT2D eigenvalue weighted by atomic mass is 16.5. The molecule has 3 N–H and O–H groups in total. The van der Waals surface area contributed by atoms with Crippen LogP contribution in [0.25, 0.3) is 33.2 Å². The second-order valence-corrected chi connectivity index (χ2v) is 6.45. The number of aliphatic hydroxyl groups is 2. The lowest BCUT2D eigenvalue weighted by molar-refractivity contribution is 0.0528. The molecule has 27 heavy (non-hydrogen) atoms. The van der Waals surface area contributed by atoms with Gasteiger partial charge in [-0.3, -0.25) is 0 Å². The van der Waals surface area contributed by atoms with Gasteiger partial charge in [-0.1, -0.05) is 0 Å². The van der Waals surface area contributed by atoms with Gasteiger partial charge in [0.05, 0.1) is 19.2 Å². The minimum Gasteiger partial charge on any atom is -0.493 e. The Morgan fingerprint density at radius 2 is 2.11 bits per heavy atom. The second kappa shape index (κ2) is 6.94. The molecule has 0 saturated heterocycles. The molecule has 0 aliphatic carbocycles. The lowest BCUT2D eigenvalue weighted by atomic mass is 10.1. The summed E-state index contributed by atoms with van der Waals surface area (Å²) in [5, 5.41) is 20.6. The number of aryl methyl sites for hydroxylation is 1. The van der Waals surface area contributed by atoms with Gasteiger partial charge in [0.15, 0.2) is 11.5 Å². The number of nitrogens with zero attached hydrogens (tertiary/aromatic N) is 2. The Morgan fingerprint density at radius 3 is 2.85 bits per heavy atom. The molecule has 1 unspecified atom stereocenters. The van der Waals surface area contributed by atoms with Gasteiger partial charge in [0.25, 0.3) is 0 Å². The first kappa shape index (κ1) is 17.4. The summed E-state index contributed by atoms with van der Waals surface area (Å²) < 4.78 is 13.1. The summed E-state index contributed by atoms with van der Waals surface area (Å²) >= 11 is 0. The highest BCUT2D eigenvalue weighted by molar-refractivity contribution is 5.99. The molecule has 1 aromatic carbocycles. The highest BCUT2D eigenvalue weighted by Crippen LogP contribution is 2.38. The van der Waals surface area contributed by atoms with Gasteiger partial charge in [-0.25, -0.2) is 4.98 Å². The maximum absolute atomic E-state index is 9.58. The zero-order chi connectivity index (χ0) is 19.0. The van der Waals surface area contributed by atoms with Crippen molar-refractivity contribution in [2.75, 3.05) is 20.3 Å². The number of aromatic amines is 1. The zero-order valence-electron chi connectivity index (χ0n) is 15.1. The van der Waals surface area contributed by atoms with E-state index in [4.69, 9.17) is 14.6 Å². The van der Waals surface area contributed by atoms with Crippen molar-refractivity contribution in [3.63, 3.8) is 0 Å². The molecule has 0 fully saturated rings. The van der Waals surface area contributed by atoms with Crippen LogP contribution >= 0.6 is 0 Å². The van der Waals surface area contributed by atoms with Gasteiger partial charge < -0.3 is 29.2 Å². The molecule has 7 heteroatoms. The molecule has 0 spiro atoms. The molecule has 0 radical (unpaired) electrons. The molecule has 0 saturated carbocycles. The van der Waals surface area contributed by atoms with E-state index >= 15 is 0 Å². The van der Waals surface area contributed by atoms with Gasteiger partial charge in [0.1, 0.15) is 18.4 Å². The summed E-state index contributed by atoms with van der Waals surface area (Å²) in [5.74, 6) is 1.08. The molecule has 1 atom stereocenters. The van der Waals surface area contributed by atoms with Crippen molar-refractivity contribution in [1.82, 2.24) is 14.5 Å². The van der Waals surface area contributed by atoms with Crippen LogP contribution in [0.1, 0.15) is 0 Å². The molecule has 3 heterocycles. The van der Waals surface area contributed by atoms with Gasteiger partial charge >= 0.3 is 0 Å². The Balaban J connectivity index is 1.83. The predicted octanol–water partition coefficient (Wildman–Crippen LogP) is 2.46. The maximum atomic E-state index is 9.58. The third-order valence-corrected chi connectivity index (χ3v) is 4.60. The van der Waals surface area contributed by atoms with Crippen LogP contribution in [0.3, 0.4) is 0 Å². The Morgan fingerprint density at radius 1 is 1.26 bits per heavy atom. The summed E-state index contributed by atoms with van der Waals surface area (Å²) in [6.45, 7) is -0.375. The number of hydrogen-bond acceptors (Lipinski definition) is 5. The molecule has 0 aliphatic rings. The fourth-order valence-electron chi connectivity index (χ4n) is 3.22. The molecule has 4 aromatic rings. The standard InChI is InChI=1S/C20H21N3O4/c1-23-9-15(16-6-12-4-3-5-21-20(12)22-16)14-7-19(27-11-13(25)10-24)18(26-2)8-17(14)23/h3-9,13,24-25H,10-11H2,1-2H3,(H,21,22). The predicted molar refractivity (Wildman–Crippen MR) is 103 cm³/mol. The number of benzene rings is 1. The minimum absolute atomic E-state index is 0.0170. The van der Waals surface area contributed by atoms with Gasteiger partial charge in [-0.2, -0.15) is 0 Å². The average molecular weight is 367 g/mol. The van der Waals surface area contributed by atoms with Gasteiger partial charge in [-0.15, -0.1) is 0 Å². The average Bonchev–Trinajstić information content (AvgIpc) is 3.26. The lowest BCUT2D eigenvalue weighted by Crippen LogP contribution is -2.21. The summed E-state index contributed by atoms with van der Waals surface area (Å²) in [6, 6.07) is 9.79. The van der Waals surface area contributed by atoms with E-state index in [1.165, 1.54) is 0 Å². The van der Waals surface area contributed by atoms with Crippen LogP contribution in [0.4, 0.5) is 0 Å². The normalized spacial score (nSPS) is 12.6.